The van der Waals surface area contributed by atoms with Gasteiger partial charge in [-0.1, -0.05) is 0 Å². The number of hydrogen-bond acceptors (Lipinski definition) is 1. The van der Waals surface area contributed by atoms with E-state index in [2.05, 4.69) is 0 Å². The molecule has 16 heavy (non-hydrogen) atoms. The fourth-order valence-electron chi connectivity index (χ4n) is 0.793. The third-order valence-corrected chi connectivity index (χ3v) is 1.42. The van der Waals surface area contributed by atoms with Gasteiger partial charge in [0.2, 0.25) is 5.82 Å². The summed E-state index contributed by atoms with van der Waals surface area (Å²) in [5.74, 6) is -13.9. The molecule has 0 heterocycles. The van der Waals surface area contributed by atoms with Gasteiger partial charge in [0, 0.05) is 0 Å². The first kappa shape index (κ1) is 16.6. The minimum atomic E-state index is -2.38. The molecule has 0 saturated heterocycles. The number of carboxylic acid groups (broad SMARTS) is 1. The second-order valence-electron chi connectivity index (χ2n) is 2.25. The van der Waals surface area contributed by atoms with Crippen molar-refractivity contribution in [1.29, 1.82) is 0 Å². The largest absolute Gasteiger partial charge is 0.477 e. The number of aromatic carboxylic acids is 1. The number of halogens is 7. The lowest BCUT2D eigenvalue weighted by Crippen LogP contribution is -2.11. The van der Waals surface area contributed by atoms with Gasteiger partial charge in [-0.05, 0) is 0 Å². The Morgan fingerprint density at radius 2 is 1.00 bits per heavy atom. The van der Waals surface area contributed by atoms with Gasteiger partial charge in [0.1, 0.15) is 5.56 Å². The van der Waals surface area contributed by atoms with Crippen molar-refractivity contribution in [3.05, 3.63) is 34.6 Å². The zero-order valence-electron chi connectivity index (χ0n) is 7.06. The van der Waals surface area contributed by atoms with Gasteiger partial charge in [-0.15, -0.1) is 0 Å². The molecule has 0 bridgehead atoms. The smallest absolute Gasteiger partial charge is 0.341 e. The lowest BCUT2D eigenvalue weighted by molar-refractivity contribution is 0.0682. The van der Waals surface area contributed by atoms with E-state index in [4.69, 9.17) is 5.11 Å². The highest BCUT2D eigenvalue weighted by atomic mass is 19.2. The molecule has 0 unspecified atom stereocenters. The highest BCUT2D eigenvalue weighted by molar-refractivity contribution is 5.88. The molecule has 1 aromatic carbocycles. The van der Waals surface area contributed by atoms with Crippen LogP contribution in [0.2, 0.25) is 0 Å². The van der Waals surface area contributed by atoms with Crippen LogP contribution < -0.4 is 0 Å². The topological polar surface area (TPSA) is 37.3 Å². The zero-order valence-corrected chi connectivity index (χ0v) is 7.06. The van der Waals surface area contributed by atoms with Crippen LogP contribution >= 0.6 is 0 Å². The molecule has 0 aliphatic rings. The monoisotopic (exact) mass is 252 g/mol. The van der Waals surface area contributed by atoms with Crippen LogP contribution in [0.4, 0.5) is 31.4 Å². The van der Waals surface area contributed by atoms with Crippen LogP contribution in [-0.4, -0.2) is 11.1 Å². The summed E-state index contributed by atoms with van der Waals surface area (Å²) < 4.78 is 62.1. The zero-order chi connectivity index (χ0) is 11.0. The van der Waals surface area contributed by atoms with E-state index in [-0.39, 0.29) is 9.41 Å². The van der Waals surface area contributed by atoms with Crippen molar-refractivity contribution < 1.29 is 41.3 Å². The first-order valence-corrected chi connectivity index (χ1v) is 3.12. The molecule has 0 aliphatic heterocycles. The molecular weight excluding hydrogens is 249 g/mol. The third kappa shape index (κ3) is 2.23. The Labute approximate surface area is 83.0 Å². The lowest BCUT2D eigenvalue weighted by Gasteiger charge is -2.03. The van der Waals surface area contributed by atoms with Gasteiger partial charge in [-0.25, -0.2) is 26.7 Å². The van der Waals surface area contributed by atoms with E-state index in [0.29, 0.717) is 0 Å². The van der Waals surface area contributed by atoms with Gasteiger partial charge in [-0.2, -0.15) is 0 Å². The summed E-state index contributed by atoms with van der Waals surface area (Å²) in [7, 11) is 0. The van der Waals surface area contributed by atoms with Crippen LogP contribution in [0.3, 0.4) is 0 Å². The fourth-order valence-corrected chi connectivity index (χ4v) is 0.793. The Morgan fingerprint density at radius 3 is 1.25 bits per heavy atom. The van der Waals surface area contributed by atoms with Crippen LogP contribution in [0.1, 0.15) is 10.4 Å². The summed E-state index contributed by atoms with van der Waals surface area (Å²) >= 11 is 0. The molecule has 0 radical (unpaired) electrons. The predicted octanol–water partition coefficient (Wildman–Crippen LogP) is 2.39. The molecule has 0 atom stereocenters. The quantitative estimate of drug-likeness (QED) is 0.473. The molecule has 1 aromatic rings. The van der Waals surface area contributed by atoms with Crippen molar-refractivity contribution in [2.45, 2.75) is 0 Å². The van der Waals surface area contributed by atoms with E-state index < -0.39 is 40.6 Å². The van der Waals surface area contributed by atoms with Gasteiger partial charge in [0.25, 0.3) is 0 Å². The maximum atomic E-state index is 12.6. The summed E-state index contributed by atoms with van der Waals surface area (Å²) in [5, 5.41) is 8.15. The van der Waals surface area contributed by atoms with Crippen molar-refractivity contribution >= 4 is 5.97 Å². The van der Waals surface area contributed by atoms with E-state index in [0.717, 1.165) is 0 Å². The third-order valence-electron chi connectivity index (χ3n) is 1.42. The number of benzene rings is 1. The molecule has 1 N–H and O–H groups in total. The highest BCUT2D eigenvalue weighted by Gasteiger charge is 2.29. The Hall–Kier alpha value is -1.80. The molecule has 0 aromatic heterocycles. The number of hydrogen-bond donors (Lipinski definition) is 1. The van der Waals surface area contributed by atoms with E-state index in [1.54, 1.807) is 0 Å². The van der Waals surface area contributed by atoms with Crippen LogP contribution in [0, 0.1) is 29.1 Å². The fraction of sp³-hybridized carbons (Fsp3) is 0. The van der Waals surface area contributed by atoms with Gasteiger partial charge in [0.05, 0.1) is 0 Å². The minimum Gasteiger partial charge on any atom is -0.477 e. The van der Waals surface area contributed by atoms with Crippen molar-refractivity contribution in [3.8, 4) is 0 Å². The standard InChI is InChI=1S/C7HF5O2.2FH/c8-2-1(7(13)14)3(9)5(11)6(12)4(2)10;;/h(H,13,14);2*1H. The molecule has 0 spiro atoms. The Morgan fingerprint density at radius 1 is 0.750 bits per heavy atom. The summed E-state index contributed by atoms with van der Waals surface area (Å²) in [5.41, 5.74) is -1.86. The summed E-state index contributed by atoms with van der Waals surface area (Å²) in [6, 6.07) is 0. The van der Waals surface area contributed by atoms with Gasteiger partial charge < -0.3 is 5.11 Å². The van der Waals surface area contributed by atoms with E-state index in [1.165, 1.54) is 0 Å². The molecule has 0 saturated carbocycles. The second kappa shape index (κ2) is 5.33. The van der Waals surface area contributed by atoms with Crippen molar-refractivity contribution in [1.82, 2.24) is 0 Å². The highest BCUT2D eigenvalue weighted by Crippen LogP contribution is 2.22. The Bertz CT molecular complexity index is 389. The Balaban J connectivity index is 0. The average molecular weight is 252 g/mol. The number of carbonyl (C=O) groups is 1. The Kier molecular flexibility index (Phi) is 5.54. The number of rotatable bonds is 1. The van der Waals surface area contributed by atoms with Crippen molar-refractivity contribution in [2.75, 3.05) is 0 Å². The molecular formula is C7H3F7O2. The molecule has 1 rings (SSSR count). The van der Waals surface area contributed by atoms with Crippen molar-refractivity contribution in [2.24, 2.45) is 0 Å². The molecule has 92 valence electrons. The van der Waals surface area contributed by atoms with Gasteiger partial charge >= 0.3 is 5.97 Å². The van der Waals surface area contributed by atoms with Crippen LogP contribution in [0.5, 0.6) is 0 Å². The summed E-state index contributed by atoms with van der Waals surface area (Å²) in [4.78, 5) is 10.1. The number of carboxylic acids is 1. The SMILES string of the molecule is F.F.O=C(O)c1c(F)c(F)c(F)c(F)c1F. The maximum absolute atomic E-state index is 12.6. The second-order valence-corrected chi connectivity index (χ2v) is 2.25. The van der Waals surface area contributed by atoms with Crippen molar-refractivity contribution in [3.63, 3.8) is 0 Å². The lowest BCUT2D eigenvalue weighted by atomic mass is 10.1. The molecule has 0 aliphatic carbocycles. The first-order valence-electron chi connectivity index (χ1n) is 3.12. The maximum Gasteiger partial charge on any atom is 0.341 e. The minimum absolute atomic E-state index is 0. The van der Waals surface area contributed by atoms with E-state index in [1.807, 2.05) is 0 Å². The average Bonchev–Trinajstić information content (AvgIpc) is 2.11. The molecule has 0 amide bonds. The normalized spacial score (nSPS) is 9.06. The van der Waals surface area contributed by atoms with Crippen LogP contribution in [-0.2, 0) is 0 Å². The van der Waals surface area contributed by atoms with Crippen LogP contribution in [0.25, 0.3) is 0 Å². The van der Waals surface area contributed by atoms with E-state index in [9.17, 15) is 26.7 Å². The molecule has 9 heteroatoms. The predicted molar refractivity (Wildman–Crippen MR) is 38.2 cm³/mol. The van der Waals surface area contributed by atoms with Gasteiger partial charge in [-0.3, -0.25) is 9.41 Å². The molecule has 2 nitrogen and oxygen atoms in total. The summed E-state index contributed by atoms with van der Waals surface area (Å²) in [6.07, 6.45) is 0. The van der Waals surface area contributed by atoms with Gasteiger partial charge in [0.15, 0.2) is 23.3 Å². The van der Waals surface area contributed by atoms with Crippen LogP contribution in [0.15, 0.2) is 0 Å². The molecule has 0 fully saturated rings. The first-order chi connectivity index (χ1) is 6.37. The van der Waals surface area contributed by atoms with E-state index >= 15 is 0 Å². The summed E-state index contributed by atoms with van der Waals surface area (Å²) in [6.45, 7) is 0.